The summed E-state index contributed by atoms with van der Waals surface area (Å²) in [6.45, 7) is 60.6. The highest BCUT2D eigenvalue weighted by atomic mass is 14.8. The highest BCUT2D eigenvalue weighted by molar-refractivity contribution is 6.13. The molecule has 24 rings (SSSR count). The summed E-state index contributed by atoms with van der Waals surface area (Å²) < 4.78 is 0. The molecule has 0 saturated heterocycles. The van der Waals surface area contributed by atoms with Crippen LogP contribution in [0.4, 0.5) is 0 Å². The molecule has 12 aromatic heterocycles. The zero-order chi connectivity index (χ0) is 101. The molecule has 0 aliphatic carbocycles. The van der Waals surface area contributed by atoms with Gasteiger partial charge in [-0.05, 0) is 185 Å². The highest BCUT2D eigenvalue weighted by Crippen LogP contribution is 2.35. The average Bonchev–Trinajstić information content (AvgIpc) is 0.791. The molecule has 0 spiro atoms. The Kier molecular flexibility index (Phi) is 45.6. The summed E-state index contributed by atoms with van der Waals surface area (Å²) in [5.41, 5.74) is 25.2. The van der Waals surface area contributed by atoms with Crippen LogP contribution in [-0.2, 0) is 0 Å². The van der Waals surface area contributed by atoms with E-state index in [4.69, 9.17) is 29.9 Å². The van der Waals surface area contributed by atoms with E-state index in [0.717, 1.165) is 148 Å². The molecule has 12 nitrogen and oxygen atoms in total. The van der Waals surface area contributed by atoms with Gasteiger partial charge in [-0.2, -0.15) is 0 Å². The molecule has 0 fully saturated rings. The lowest BCUT2D eigenvalue weighted by atomic mass is 10.0. The Balaban J connectivity index is 0.000000216. The van der Waals surface area contributed by atoms with E-state index in [1.807, 2.05) is 331 Å². The molecule has 0 aliphatic rings. The van der Waals surface area contributed by atoms with Crippen molar-refractivity contribution in [3.8, 4) is 0 Å². The first kappa shape index (κ1) is 110. The number of nitrogens with zero attached hydrogens (tertiary/aromatic N) is 12. The molecule has 0 atom stereocenters. The second-order valence-electron chi connectivity index (χ2n) is 29.1. The van der Waals surface area contributed by atoms with Crippen LogP contribution in [0.5, 0.6) is 0 Å². The van der Waals surface area contributed by atoms with Crippen LogP contribution in [0.25, 0.3) is 196 Å². The Bertz CT molecular complexity index is 7830. The molecule has 708 valence electrons. The molecule has 0 N–H and O–H groups in total. The summed E-state index contributed by atoms with van der Waals surface area (Å²) >= 11 is 0. The number of rotatable bonds is 0. The lowest BCUT2D eigenvalue weighted by Crippen LogP contribution is -1.90. The Morgan fingerprint density at radius 2 is 0.435 bits per heavy atom. The van der Waals surface area contributed by atoms with Gasteiger partial charge in [0.2, 0.25) is 0 Å². The van der Waals surface area contributed by atoms with Gasteiger partial charge in [0, 0.05) is 134 Å². The minimum Gasteiger partial charge on any atom is -0.254 e. The molecule has 0 aliphatic heterocycles. The summed E-state index contributed by atoms with van der Waals surface area (Å²) in [6, 6.07) is 102. The number of aromatic nitrogens is 12. The van der Waals surface area contributed by atoms with Gasteiger partial charge in [0.25, 0.3) is 0 Å². The Morgan fingerprint density at radius 1 is 0.152 bits per heavy atom. The van der Waals surface area contributed by atoms with Gasteiger partial charge in [-0.1, -0.05) is 348 Å². The second kappa shape index (κ2) is 57.1. The summed E-state index contributed by atoms with van der Waals surface area (Å²) in [5, 5.41) is 20.9. The molecule has 12 aromatic carbocycles. The summed E-state index contributed by atoms with van der Waals surface area (Å²) in [5.74, 6) is 0. The zero-order valence-electron chi connectivity index (χ0n) is 87.5. The van der Waals surface area contributed by atoms with Crippen molar-refractivity contribution in [3.05, 3.63) is 362 Å². The van der Waals surface area contributed by atoms with Gasteiger partial charge in [-0.25, -0.2) is 29.9 Å². The highest BCUT2D eigenvalue weighted by Gasteiger charge is 2.15. The molecule has 24 aromatic rings. The van der Waals surface area contributed by atoms with Crippen LogP contribution in [-0.4, -0.2) is 59.8 Å². The van der Waals surface area contributed by atoms with Gasteiger partial charge in [-0.15, -0.1) is 0 Å². The largest absolute Gasteiger partial charge is 0.254 e. The average molecular weight is 1830 g/mol. The normalized spacial score (nSPS) is 9.96. The SMILES string of the molecule is CC.CC.CC.CC.CC.CC.CC.CC.CC.CC.CC.CC.Cc1c2ccccc2nc2c1ccc1cccnc12.Cc1cc2cc3ccccc3nc2c2ncccc12.Cc1cc2cccnc2c2nc3ccccc3cc12.Cc1ccc2ccc3cc4ccccc4nc3c2n1.Cc1ccnc2c1ccc1cc3ccccc3nc12.Cc1cnc2c(ccc3cc4ccccc4nc32)c1. The fraction of sp³-hybridized carbons (Fsp3) is 0.238. The second-order valence-corrected chi connectivity index (χ2v) is 29.1. The molecule has 12 heterocycles. The maximum atomic E-state index is 4.80. The van der Waals surface area contributed by atoms with Gasteiger partial charge in [0.1, 0.15) is 0 Å². The molecule has 0 bridgehead atoms. The predicted molar refractivity (Wildman–Crippen MR) is 612 cm³/mol. The Morgan fingerprint density at radius 3 is 0.942 bits per heavy atom. The number of para-hydroxylation sites is 6. The van der Waals surface area contributed by atoms with Gasteiger partial charge in [-0.3, -0.25) is 29.9 Å². The Hall–Kier alpha value is -14.9. The maximum Gasteiger partial charge on any atom is 0.0974 e. The van der Waals surface area contributed by atoms with E-state index < -0.39 is 0 Å². The van der Waals surface area contributed by atoms with E-state index >= 15 is 0 Å². The van der Waals surface area contributed by atoms with E-state index in [0.29, 0.717) is 0 Å². The van der Waals surface area contributed by atoms with Crippen molar-refractivity contribution in [2.75, 3.05) is 0 Å². The molecule has 12 heteroatoms. The van der Waals surface area contributed by atoms with Crippen molar-refractivity contribution >= 4 is 196 Å². The third-order valence-electron chi connectivity index (χ3n) is 21.4. The quantitative estimate of drug-likeness (QED) is 0.105. The minimum absolute atomic E-state index is 0.980. The topological polar surface area (TPSA) is 155 Å². The van der Waals surface area contributed by atoms with Gasteiger partial charge in [0.15, 0.2) is 0 Å². The third kappa shape index (κ3) is 25.8. The van der Waals surface area contributed by atoms with Crippen molar-refractivity contribution in [2.45, 2.75) is 208 Å². The molecular formula is C126H144N12. The van der Waals surface area contributed by atoms with E-state index in [2.05, 4.69) is 234 Å². The third-order valence-corrected chi connectivity index (χ3v) is 21.4. The fourth-order valence-corrected chi connectivity index (χ4v) is 15.7. The summed E-state index contributed by atoms with van der Waals surface area (Å²) in [7, 11) is 0. The number of hydrogen-bond donors (Lipinski definition) is 0. The van der Waals surface area contributed by atoms with Crippen LogP contribution in [0.3, 0.4) is 0 Å². The number of hydrogen-bond acceptors (Lipinski definition) is 12. The van der Waals surface area contributed by atoms with Crippen molar-refractivity contribution in [1.82, 2.24) is 59.8 Å². The molecule has 138 heavy (non-hydrogen) atoms. The van der Waals surface area contributed by atoms with Crippen LogP contribution in [0.2, 0.25) is 0 Å². The number of benzene rings is 12. The van der Waals surface area contributed by atoms with Gasteiger partial charge >= 0.3 is 0 Å². The van der Waals surface area contributed by atoms with E-state index in [-0.39, 0.29) is 0 Å². The lowest BCUT2D eigenvalue weighted by molar-refractivity contribution is 1.26. The number of aryl methyl sites for hydroxylation is 6. The summed E-state index contributed by atoms with van der Waals surface area (Å²) in [4.78, 5) is 56.0. The van der Waals surface area contributed by atoms with Gasteiger partial charge < -0.3 is 0 Å². The van der Waals surface area contributed by atoms with Crippen molar-refractivity contribution in [2.24, 2.45) is 0 Å². The first-order valence-corrected chi connectivity index (χ1v) is 50.2. The molecule has 0 radical (unpaired) electrons. The number of fused-ring (bicyclic) bond motifs is 24. The predicted octanol–water partition coefficient (Wildman–Crippen LogP) is 37.8. The van der Waals surface area contributed by atoms with Crippen LogP contribution < -0.4 is 0 Å². The molecule has 0 amide bonds. The molecule has 0 saturated carbocycles. The molecular weight excluding hydrogens is 1680 g/mol. The monoisotopic (exact) mass is 1830 g/mol. The maximum absolute atomic E-state index is 4.80. The minimum atomic E-state index is 0.980. The molecule has 0 unspecified atom stereocenters. The van der Waals surface area contributed by atoms with Crippen LogP contribution in [0.1, 0.15) is 200 Å². The van der Waals surface area contributed by atoms with Crippen LogP contribution in [0.15, 0.2) is 328 Å². The van der Waals surface area contributed by atoms with E-state index in [1.54, 1.807) is 0 Å². The first-order valence-electron chi connectivity index (χ1n) is 50.2. The van der Waals surface area contributed by atoms with Crippen molar-refractivity contribution in [3.63, 3.8) is 0 Å². The standard InChI is InChI=1S/6C17H12N2.12C2H6/c1-11-13-6-2-3-7-15(13)19-17-14(11)9-8-12-5-4-10-18-16(12)17;1-11-9-13-10-12-5-2-3-7-15(12)19-16(13)17-14(11)6-4-8-18-17;1-11-9-13-6-4-8-18-16(13)17-14(11)10-12-5-2-3-7-15(12)19-17;1-11-8-13-6-7-14-9-12-4-2-3-5-15(12)19-17(14)16(13)18-10-11;1-11-8-9-18-17-14(11)7-6-13-10-12-4-2-3-5-15(12)19-16(13)17;1-11-6-7-12-8-9-14-10-13-4-2-3-5-15(13)19-17(14)16(12)18-11;12*1-2/h6*2-10H,1H3;12*1-2H3. The Labute approximate surface area is 820 Å². The van der Waals surface area contributed by atoms with E-state index in [9.17, 15) is 0 Å². The van der Waals surface area contributed by atoms with E-state index in [1.165, 1.54) is 81.7 Å². The van der Waals surface area contributed by atoms with Crippen molar-refractivity contribution < 1.29 is 0 Å². The van der Waals surface area contributed by atoms with Crippen LogP contribution >= 0.6 is 0 Å². The fourth-order valence-electron chi connectivity index (χ4n) is 15.7. The van der Waals surface area contributed by atoms with Crippen molar-refractivity contribution in [1.29, 1.82) is 0 Å². The zero-order valence-corrected chi connectivity index (χ0v) is 87.5. The summed E-state index contributed by atoms with van der Waals surface area (Å²) in [6.07, 6.45) is 9.24. The number of pyridine rings is 12. The van der Waals surface area contributed by atoms with Gasteiger partial charge in [0.05, 0.1) is 99.3 Å². The first-order chi connectivity index (χ1) is 67.9. The van der Waals surface area contributed by atoms with Crippen LogP contribution in [0, 0.1) is 41.5 Å². The smallest absolute Gasteiger partial charge is 0.0974 e. The lowest BCUT2D eigenvalue weighted by Gasteiger charge is -2.08.